The maximum absolute atomic E-state index is 11.9. The molecule has 6 heteroatoms. The van der Waals surface area contributed by atoms with E-state index in [-0.39, 0.29) is 17.4 Å². The van der Waals surface area contributed by atoms with Crippen LogP contribution < -0.4 is 5.32 Å². The summed E-state index contributed by atoms with van der Waals surface area (Å²) in [6, 6.07) is 3.05. The van der Waals surface area contributed by atoms with E-state index in [2.05, 4.69) is 19.9 Å². The van der Waals surface area contributed by atoms with Gasteiger partial charge in [0.1, 0.15) is 11.6 Å². The van der Waals surface area contributed by atoms with Gasteiger partial charge >= 0.3 is 0 Å². The summed E-state index contributed by atoms with van der Waals surface area (Å²) in [4.78, 5) is 20.1. The first-order valence-corrected chi connectivity index (χ1v) is 6.66. The minimum absolute atomic E-state index is 0.0739. The number of pyridine rings is 1. The van der Waals surface area contributed by atoms with E-state index in [4.69, 9.17) is 0 Å². The number of hydrogen-bond acceptors (Lipinski definition) is 4. The topological polar surface area (TPSA) is 80.0 Å². The molecule has 3 heterocycles. The fraction of sp³-hybridized carbons (Fsp3) is 0.357. The van der Waals surface area contributed by atoms with Crippen LogP contribution in [0.2, 0.25) is 0 Å². The van der Waals surface area contributed by atoms with E-state index in [0.717, 1.165) is 25.2 Å². The lowest BCUT2D eigenvalue weighted by Crippen LogP contribution is -2.33. The van der Waals surface area contributed by atoms with Gasteiger partial charge in [-0.05, 0) is 24.5 Å². The van der Waals surface area contributed by atoms with Crippen molar-refractivity contribution in [3.63, 3.8) is 0 Å². The van der Waals surface area contributed by atoms with Crippen molar-refractivity contribution in [1.29, 1.82) is 0 Å². The van der Waals surface area contributed by atoms with Gasteiger partial charge < -0.3 is 15.0 Å². The monoisotopic (exact) mass is 272 g/mol. The molecule has 0 bridgehead atoms. The molecule has 2 aromatic heterocycles. The molecular weight excluding hydrogens is 256 g/mol. The molecule has 104 valence electrons. The predicted octanol–water partition coefficient (Wildman–Crippen LogP) is 0.976. The van der Waals surface area contributed by atoms with Gasteiger partial charge in [0, 0.05) is 38.1 Å². The second-order valence-corrected chi connectivity index (χ2v) is 4.98. The van der Waals surface area contributed by atoms with E-state index in [1.807, 2.05) is 12.4 Å². The summed E-state index contributed by atoms with van der Waals surface area (Å²) in [5, 5.41) is 12.4. The predicted molar refractivity (Wildman–Crippen MR) is 72.3 cm³/mol. The number of rotatable bonds is 3. The highest BCUT2D eigenvalue weighted by Gasteiger charge is 2.20. The molecule has 6 nitrogen and oxygen atoms in total. The Bertz CT molecular complexity index is 623. The fourth-order valence-electron chi connectivity index (χ4n) is 2.48. The standard InChI is InChI=1S/C14H16N4O2/c19-11-2-1-4-16-13(11)14(20)17-9-10-3-6-18-7-5-15-12(18)8-10/h1-2,4-5,7,10,19H,3,6,8-9H2,(H,17,20)/t10-/m1/s1. The zero-order chi connectivity index (χ0) is 13.9. The van der Waals surface area contributed by atoms with E-state index in [1.54, 1.807) is 6.07 Å². The molecule has 0 spiro atoms. The summed E-state index contributed by atoms with van der Waals surface area (Å²) >= 11 is 0. The lowest BCUT2D eigenvalue weighted by Gasteiger charge is -2.23. The third kappa shape index (κ3) is 2.49. The van der Waals surface area contributed by atoms with Gasteiger partial charge in [0.25, 0.3) is 5.91 Å². The highest BCUT2D eigenvalue weighted by atomic mass is 16.3. The number of carbonyl (C=O) groups is 1. The molecule has 0 saturated heterocycles. The molecule has 0 saturated carbocycles. The maximum Gasteiger partial charge on any atom is 0.273 e. The Balaban J connectivity index is 1.58. The van der Waals surface area contributed by atoms with Crippen LogP contribution in [0.3, 0.4) is 0 Å². The third-order valence-corrected chi connectivity index (χ3v) is 3.60. The molecule has 20 heavy (non-hydrogen) atoms. The Morgan fingerprint density at radius 1 is 1.45 bits per heavy atom. The van der Waals surface area contributed by atoms with Crippen molar-refractivity contribution in [2.24, 2.45) is 5.92 Å². The molecule has 0 unspecified atom stereocenters. The number of fused-ring (bicyclic) bond motifs is 1. The number of hydrogen-bond donors (Lipinski definition) is 2. The molecule has 1 aliphatic rings. The van der Waals surface area contributed by atoms with Gasteiger partial charge in [0.2, 0.25) is 0 Å². The second-order valence-electron chi connectivity index (χ2n) is 4.98. The Hall–Kier alpha value is -2.37. The number of aryl methyl sites for hydroxylation is 1. The largest absolute Gasteiger partial charge is 0.505 e. The van der Waals surface area contributed by atoms with E-state index >= 15 is 0 Å². The smallest absolute Gasteiger partial charge is 0.273 e. The molecule has 2 N–H and O–H groups in total. The van der Waals surface area contributed by atoms with Crippen LogP contribution in [0.25, 0.3) is 0 Å². The van der Waals surface area contributed by atoms with Crippen molar-refractivity contribution in [2.75, 3.05) is 6.54 Å². The lowest BCUT2D eigenvalue weighted by molar-refractivity contribution is 0.0936. The van der Waals surface area contributed by atoms with E-state index < -0.39 is 0 Å². The summed E-state index contributed by atoms with van der Waals surface area (Å²) < 4.78 is 2.14. The van der Waals surface area contributed by atoms with Gasteiger partial charge in [-0.2, -0.15) is 0 Å². The molecule has 2 aromatic rings. The van der Waals surface area contributed by atoms with Gasteiger partial charge in [-0.25, -0.2) is 9.97 Å². The SMILES string of the molecule is O=C(NC[C@@H]1CCn2ccnc2C1)c1ncccc1O. The fourth-order valence-corrected chi connectivity index (χ4v) is 2.48. The van der Waals surface area contributed by atoms with Crippen LogP contribution in [0.5, 0.6) is 5.75 Å². The first kappa shape index (κ1) is 12.7. The summed E-state index contributed by atoms with van der Waals surface area (Å²) in [5.41, 5.74) is 0.0739. The van der Waals surface area contributed by atoms with Gasteiger partial charge in [-0.3, -0.25) is 4.79 Å². The van der Waals surface area contributed by atoms with Gasteiger partial charge in [-0.15, -0.1) is 0 Å². The molecule has 1 atom stereocenters. The van der Waals surface area contributed by atoms with Crippen molar-refractivity contribution in [3.8, 4) is 5.75 Å². The van der Waals surface area contributed by atoms with Crippen LogP contribution in [0.1, 0.15) is 22.7 Å². The summed E-state index contributed by atoms with van der Waals surface area (Å²) in [7, 11) is 0. The Labute approximate surface area is 116 Å². The van der Waals surface area contributed by atoms with Crippen LogP contribution >= 0.6 is 0 Å². The minimum Gasteiger partial charge on any atom is -0.505 e. The first-order chi connectivity index (χ1) is 9.74. The summed E-state index contributed by atoms with van der Waals surface area (Å²) in [5.74, 6) is 1.01. The van der Waals surface area contributed by atoms with Crippen LogP contribution in [0.15, 0.2) is 30.7 Å². The summed E-state index contributed by atoms with van der Waals surface area (Å²) in [6.07, 6.45) is 7.16. The zero-order valence-corrected chi connectivity index (χ0v) is 11.0. The number of nitrogens with one attached hydrogen (secondary N) is 1. The van der Waals surface area contributed by atoms with Crippen LogP contribution in [-0.2, 0) is 13.0 Å². The molecule has 0 radical (unpaired) electrons. The highest BCUT2D eigenvalue weighted by molar-refractivity contribution is 5.94. The van der Waals surface area contributed by atoms with Gasteiger partial charge in [0.15, 0.2) is 5.69 Å². The first-order valence-electron chi connectivity index (χ1n) is 6.66. The van der Waals surface area contributed by atoms with Crippen molar-refractivity contribution in [3.05, 3.63) is 42.2 Å². The minimum atomic E-state index is -0.336. The molecule has 0 aliphatic carbocycles. The quantitative estimate of drug-likeness (QED) is 0.872. The average molecular weight is 272 g/mol. The van der Waals surface area contributed by atoms with E-state index in [0.29, 0.717) is 12.5 Å². The molecule has 1 aliphatic heterocycles. The zero-order valence-electron chi connectivity index (χ0n) is 11.0. The molecule has 1 amide bonds. The highest BCUT2D eigenvalue weighted by Crippen LogP contribution is 2.19. The Morgan fingerprint density at radius 3 is 3.20 bits per heavy atom. The summed E-state index contributed by atoms with van der Waals surface area (Å²) in [6.45, 7) is 1.51. The molecular formula is C14H16N4O2. The normalized spacial score (nSPS) is 17.5. The Kier molecular flexibility index (Phi) is 3.37. The van der Waals surface area contributed by atoms with Crippen molar-refractivity contribution in [1.82, 2.24) is 19.9 Å². The second kappa shape index (κ2) is 5.32. The molecule has 3 rings (SSSR count). The number of aromatic hydroxyl groups is 1. The maximum atomic E-state index is 11.9. The number of nitrogens with zero attached hydrogens (tertiary/aromatic N) is 3. The lowest BCUT2D eigenvalue weighted by atomic mass is 9.98. The van der Waals surface area contributed by atoms with Crippen molar-refractivity contribution >= 4 is 5.91 Å². The number of aromatic nitrogens is 3. The Morgan fingerprint density at radius 2 is 2.35 bits per heavy atom. The van der Waals surface area contributed by atoms with Gasteiger partial charge in [0.05, 0.1) is 0 Å². The van der Waals surface area contributed by atoms with Crippen LogP contribution in [0.4, 0.5) is 0 Å². The third-order valence-electron chi connectivity index (χ3n) is 3.60. The van der Waals surface area contributed by atoms with Crippen LogP contribution in [-0.4, -0.2) is 32.1 Å². The average Bonchev–Trinajstić information content (AvgIpc) is 2.92. The van der Waals surface area contributed by atoms with Gasteiger partial charge in [-0.1, -0.05) is 0 Å². The molecule has 0 aromatic carbocycles. The van der Waals surface area contributed by atoms with E-state index in [9.17, 15) is 9.90 Å². The molecule has 0 fully saturated rings. The number of imidazole rings is 1. The van der Waals surface area contributed by atoms with E-state index in [1.165, 1.54) is 12.3 Å². The van der Waals surface area contributed by atoms with Crippen molar-refractivity contribution in [2.45, 2.75) is 19.4 Å². The number of carbonyl (C=O) groups excluding carboxylic acids is 1. The van der Waals surface area contributed by atoms with Crippen molar-refractivity contribution < 1.29 is 9.90 Å². The van der Waals surface area contributed by atoms with Crippen LogP contribution in [0, 0.1) is 5.92 Å². The number of amides is 1.